The van der Waals surface area contributed by atoms with Crippen LogP contribution < -0.4 is 5.44 Å². The predicted octanol–water partition coefficient (Wildman–Crippen LogP) is 3.98. The van der Waals surface area contributed by atoms with E-state index >= 15 is 0 Å². The molecule has 23 heavy (non-hydrogen) atoms. The van der Waals surface area contributed by atoms with Crippen molar-refractivity contribution in [3.63, 3.8) is 0 Å². The number of nitrogens with one attached hydrogen (secondary N) is 1. The number of nitrogens with zero attached hydrogens (tertiary/aromatic N) is 1. The maximum absolute atomic E-state index is 12.9. The summed E-state index contributed by atoms with van der Waals surface area (Å²) in [6.45, 7) is 3.79. The second-order valence-corrected chi connectivity index (χ2v) is 7.10. The minimum absolute atomic E-state index is 0.328. The van der Waals surface area contributed by atoms with Crippen LogP contribution in [-0.2, 0) is 13.6 Å². The van der Waals surface area contributed by atoms with Gasteiger partial charge in [-0.3, -0.25) is 9.66 Å². The van der Waals surface area contributed by atoms with Gasteiger partial charge in [0.15, 0.2) is 5.44 Å². The maximum atomic E-state index is 12.9. The van der Waals surface area contributed by atoms with Gasteiger partial charge in [0.05, 0.1) is 5.69 Å². The van der Waals surface area contributed by atoms with Crippen molar-refractivity contribution in [2.24, 2.45) is 0 Å². The van der Waals surface area contributed by atoms with Crippen LogP contribution in [0.5, 0.6) is 0 Å². The highest BCUT2D eigenvalue weighted by molar-refractivity contribution is 7.62. The van der Waals surface area contributed by atoms with Crippen LogP contribution in [0.25, 0.3) is 28.0 Å². The molecular weight excluding hydrogens is 311 g/mol. The highest BCUT2D eigenvalue weighted by atomic mass is 31.2. The lowest BCUT2D eigenvalue weighted by Gasteiger charge is -2.15. The molecule has 3 aromatic rings. The van der Waals surface area contributed by atoms with Gasteiger partial charge in [-0.05, 0) is 22.4 Å². The third-order valence-electron chi connectivity index (χ3n) is 3.78. The Kier molecular flexibility index (Phi) is 4.18. The van der Waals surface area contributed by atoms with E-state index in [-0.39, 0.29) is 0 Å². The van der Waals surface area contributed by atoms with Gasteiger partial charge >= 0.3 is 7.60 Å². The van der Waals surface area contributed by atoms with E-state index in [0.29, 0.717) is 16.7 Å². The van der Waals surface area contributed by atoms with E-state index in [4.69, 9.17) is 9.05 Å². The average molecular weight is 328 g/mol. The highest BCUT2D eigenvalue weighted by Gasteiger charge is 2.32. The largest absolute Gasteiger partial charge is 0.379 e. The smallest absolute Gasteiger partial charge is 0.308 e. The van der Waals surface area contributed by atoms with Crippen LogP contribution in [0.15, 0.2) is 49.0 Å². The Hall–Kier alpha value is -2.20. The molecule has 118 valence electrons. The number of H-pyrrole nitrogens is 1. The van der Waals surface area contributed by atoms with Gasteiger partial charge in [-0.2, -0.15) is 5.10 Å². The molecule has 0 saturated carbocycles. The molecule has 5 nitrogen and oxygen atoms in total. The lowest BCUT2D eigenvalue weighted by Crippen LogP contribution is -2.12. The van der Waals surface area contributed by atoms with E-state index in [2.05, 4.69) is 16.8 Å². The number of rotatable bonds is 5. The molecule has 0 radical (unpaired) electrons. The van der Waals surface area contributed by atoms with Crippen LogP contribution in [0, 0.1) is 0 Å². The van der Waals surface area contributed by atoms with E-state index in [0.717, 1.165) is 16.3 Å². The van der Waals surface area contributed by atoms with Gasteiger partial charge in [-0.15, -0.1) is 0 Å². The third kappa shape index (κ3) is 2.53. The van der Waals surface area contributed by atoms with Gasteiger partial charge in [-0.25, -0.2) is 0 Å². The molecule has 0 aliphatic rings. The Balaban J connectivity index is 2.37. The summed E-state index contributed by atoms with van der Waals surface area (Å²) in [5.74, 6) is 0. The normalized spacial score (nSPS) is 11.7. The van der Waals surface area contributed by atoms with Crippen molar-refractivity contribution < 1.29 is 13.6 Å². The summed E-state index contributed by atoms with van der Waals surface area (Å²) in [6.07, 6.45) is 1.62. The molecule has 1 heterocycles. The van der Waals surface area contributed by atoms with Gasteiger partial charge in [-0.1, -0.05) is 49.0 Å². The molecule has 2 aromatic carbocycles. The van der Waals surface area contributed by atoms with E-state index in [9.17, 15) is 4.57 Å². The summed E-state index contributed by atoms with van der Waals surface area (Å²) in [5.41, 5.74) is 2.51. The number of aromatic amines is 1. The minimum atomic E-state index is -3.47. The molecular formula is C17H17N2O3P. The monoisotopic (exact) mass is 328 g/mol. The van der Waals surface area contributed by atoms with Crippen molar-refractivity contribution in [2.75, 3.05) is 14.2 Å². The van der Waals surface area contributed by atoms with Crippen molar-refractivity contribution in [1.82, 2.24) is 10.2 Å². The van der Waals surface area contributed by atoms with Gasteiger partial charge in [0.25, 0.3) is 0 Å². The van der Waals surface area contributed by atoms with Crippen LogP contribution in [0.1, 0.15) is 5.69 Å². The second kappa shape index (κ2) is 6.13. The molecule has 0 atom stereocenters. The van der Waals surface area contributed by atoms with Crippen LogP contribution in [0.4, 0.5) is 0 Å². The topological polar surface area (TPSA) is 64.2 Å². The van der Waals surface area contributed by atoms with Gasteiger partial charge in [0.2, 0.25) is 0 Å². The fraction of sp³-hybridized carbons (Fsp3) is 0.118. The van der Waals surface area contributed by atoms with E-state index in [1.807, 2.05) is 42.5 Å². The van der Waals surface area contributed by atoms with Crippen LogP contribution in [0.2, 0.25) is 0 Å². The van der Waals surface area contributed by atoms with Gasteiger partial charge in [0.1, 0.15) is 0 Å². The number of benzene rings is 2. The first kappa shape index (κ1) is 15.7. The second-order valence-electron chi connectivity index (χ2n) is 4.93. The Morgan fingerprint density at radius 3 is 2.52 bits per heavy atom. The van der Waals surface area contributed by atoms with E-state index < -0.39 is 7.60 Å². The SMILES string of the molecule is C=Cc1n[nH]c(P(=O)(OC)OC)c1-c1cccc2ccccc12. The highest BCUT2D eigenvalue weighted by Crippen LogP contribution is 2.48. The lowest BCUT2D eigenvalue weighted by molar-refractivity contribution is 0.286. The first-order valence-electron chi connectivity index (χ1n) is 7.05. The first-order valence-corrected chi connectivity index (χ1v) is 8.60. The van der Waals surface area contributed by atoms with Crippen LogP contribution in [-0.4, -0.2) is 24.4 Å². The Bertz CT molecular complexity index is 904. The first-order chi connectivity index (χ1) is 11.1. The fourth-order valence-electron chi connectivity index (χ4n) is 2.66. The summed E-state index contributed by atoms with van der Waals surface area (Å²) in [4.78, 5) is 0. The molecule has 6 heteroatoms. The summed E-state index contributed by atoms with van der Waals surface area (Å²) in [7, 11) is -0.767. The zero-order valence-corrected chi connectivity index (χ0v) is 13.8. The Morgan fingerprint density at radius 2 is 1.83 bits per heavy atom. The van der Waals surface area contributed by atoms with Gasteiger partial charge < -0.3 is 9.05 Å². The fourth-order valence-corrected chi connectivity index (χ4v) is 3.85. The zero-order valence-electron chi connectivity index (χ0n) is 12.9. The molecule has 0 unspecified atom stereocenters. The molecule has 0 saturated heterocycles. The average Bonchev–Trinajstić information content (AvgIpc) is 3.05. The number of fused-ring (bicyclic) bond motifs is 1. The summed E-state index contributed by atoms with van der Waals surface area (Å²) in [5, 5.41) is 9.11. The molecule has 3 rings (SSSR count). The van der Waals surface area contributed by atoms with Crippen molar-refractivity contribution in [2.45, 2.75) is 0 Å². The van der Waals surface area contributed by atoms with Crippen molar-refractivity contribution in [3.8, 4) is 11.1 Å². The molecule has 1 N–H and O–H groups in total. The van der Waals surface area contributed by atoms with Gasteiger partial charge in [0, 0.05) is 19.8 Å². The molecule has 0 bridgehead atoms. The third-order valence-corrected chi connectivity index (χ3v) is 5.61. The number of aromatic nitrogens is 2. The van der Waals surface area contributed by atoms with Crippen molar-refractivity contribution in [3.05, 3.63) is 54.7 Å². The van der Waals surface area contributed by atoms with Crippen LogP contribution >= 0.6 is 7.60 Å². The number of hydrogen-bond acceptors (Lipinski definition) is 4. The lowest BCUT2D eigenvalue weighted by atomic mass is 9.98. The quantitative estimate of drug-likeness (QED) is 0.720. The molecule has 0 fully saturated rings. The summed E-state index contributed by atoms with van der Waals surface area (Å²) < 4.78 is 23.1. The molecule has 0 aliphatic heterocycles. The standard InChI is InChI=1S/C17H17N2O3P/c1-4-15-16(17(19-18-15)23(20,21-2)22-3)14-11-7-9-12-8-5-6-10-13(12)14/h4-11H,1H2,2-3H3,(H,18,19). The van der Waals surface area contributed by atoms with Crippen LogP contribution in [0.3, 0.4) is 0 Å². The zero-order chi connectivity index (χ0) is 16.4. The van der Waals surface area contributed by atoms with E-state index in [1.165, 1.54) is 14.2 Å². The van der Waals surface area contributed by atoms with Crippen molar-refractivity contribution >= 4 is 29.9 Å². The predicted molar refractivity (Wildman–Crippen MR) is 92.9 cm³/mol. The van der Waals surface area contributed by atoms with Crippen molar-refractivity contribution in [1.29, 1.82) is 0 Å². The molecule has 0 amide bonds. The molecule has 1 aromatic heterocycles. The Labute approximate surface area is 134 Å². The van der Waals surface area contributed by atoms with E-state index in [1.54, 1.807) is 6.08 Å². The summed E-state index contributed by atoms with van der Waals surface area (Å²) in [6, 6.07) is 13.9. The maximum Gasteiger partial charge on any atom is 0.379 e. The molecule has 0 aliphatic carbocycles. The minimum Gasteiger partial charge on any atom is -0.308 e. The Morgan fingerprint density at radius 1 is 1.13 bits per heavy atom. The number of hydrogen-bond donors (Lipinski definition) is 1. The summed E-state index contributed by atoms with van der Waals surface area (Å²) >= 11 is 0. The molecule has 0 spiro atoms.